The predicted octanol–water partition coefficient (Wildman–Crippen LogP) is 2.82. The molecule has 3 N–H and O–H groups in total. The topological polar surface area (TPSA) is 99.2 Å². The van der Waals surface area contributed by atoms with Gasteiger partial charge in [0.2, 0.25) is 11.8 Å². The van der Waals surface area contributed by atoms with Crippen molar-refractivity contribution in [2.45, 2.75) is 31.7 Å². The Kier molecular flexibility index (Phi) is 5.24. The smallest absolute Gasteiger partial charge is 0.226 e. The highest BCUT2D eigenvalue weighted by Gasteiger charge is 2.32. The molecule has 2 heterocycles. The lowest BCUT2D eigenvalue weighted by Crippen LogP contribution is -2.43. The molecule has 7 heteroatoms. The first-order valence-corrected chi connectivity index (χ1v) is 9.31. The van der Waals surface area contributed by atoms with Gasteiger partial charge in [-0.25, -0.2) is 0 Å². The third-order valence-electron chi connectivity index (χ3n) is 4.69. The molecule has 6 nitrogen and oxygen atoms in total. The van der Waals surface area contributed by atoms with Crippen LogP contribution in [0.15, 0.2) is 35.7 Å². The number of carbonyl (C=O) groups excluding carboxylic acids is 2. The van der Waals surface area contributed by atoms with Crippen molar-refractivity contribution in [1.29, 1.82) is 5.26 Å². The highest BCUT2D eigenvalue weighted by molar-refractivity contribution is 7.14. The molecule has 2 aromatic rings. The third-order valence-corrected chi connectivity index (χ3v) is 5.52. The Balaban J connectivity index is 1.71. The highest BCUT2D eigenvalue weighted by atomic mass is 32.1. The van der Waals surface area contributed by atoms with Crippen molar-refractivity contribution < 1.29 is 9.59 Å². The summed E-state index contributed by atoms with van der Waals surface area (Å²) in [5, 5.41) is 14.2. The van der Waals surface area contributed by atoms with Gasteiger partial charge in [-0.3, -0.25) is 9.59 Å². The Morgan fingerprint density at radius 2 is 2.15 bits per heavy atom. The summed E-state index contributed by atoms with van der Waals surface area (Å²) in [5.41, 5.74) is 7.92. The fourth-order valence-electron chi connectivity index (χ4n) is 3.39. The van der Waals surface area contributed by atoms with Gasteiger partial charge in [0.15, 0.2) is 0 Å². The van der Waals surface area contributed by atoms with Gasteiger partial charge in [-0.2, -0.15) is 5.26 Å². The van der Waals surface area contributed by atoms with Crippen molar-refractivity contribution in [1.82, 2.24) is 0 Å². The summed E-state index contributed by atoms with van der Waals surface area (Å²) in [7, 11) is 0. The summed E-state index contributed by atoms with van der Waals surface area (Å²) < 4.78 is 0. The Morgan fingerprint density at radius 3 is 2.88 bits per heavy atom. The molecular formula is C19H20N4O2S. The van der Waals surface area contributed by atoms with Crippen molar-refractivity contribution in [3.63, 3.8) is 0 Å². The van der Waals surface area contributed by atoms with Gasteiger partial charge in [-0.15, -0.1) is 11.3 Å². The summed E-state index contributed by atoms with van der Waals surface area (Å²) >= 11 is 1.34. The lowest BCUT2D eigenvalue weighted by atomic mass is 9.85. The van der Waals surface area contributed by atoms with E-state index < -0.39 is 0 Å². The molecular weight excluding hydrogens is 348 g/mol. The molecule has 2 amide bonds. The van der Waals surface area contributed by atoms with Gasteiger partial charge in [-0.05, 0) is 36.4 Å². The maximum Gasteiger partial charge on any atom is 0.226 e. The number of primary amides is 1. The third kappa shape index (κ3) is 3.55. The number of hydrogen-bond acceptors (Lipinski definition) is 5. The molecule has 134 valence electrons. The fraction of sp³-hybridized carbons (Fsp3) is 0.316. The van der Waals surface area contributed by atoms with Gasteiger partial charge in [0.1, 0.15) is 11.1 Å². The molecule has 0 aliphatic carbocycles. The Bertz CT molecular complexity index is 870. The van der Waals surface area contributed by atoms with Crippen LogP contribution in [0.25, 0.3) is 0 Å². The van der Waals surface area contributed by atoms with Crippen LogP contribution in [0.4, 0.5) is 10.7 Å². The standard InChI is InChI=1S/C19H20N4O2S/c1-12-10-15(18(21)25)14-4-2-3-5-16(14)23(12)8-6-17(24)22-19-13(11-20)7-9-26-19/h2-5,7,9,12,15H,6,8,10H2,1H3,(H2,21,25)(H,22,24). The van der Waals surface area contributed by atoms with Crippen LogP contribution in [-0.4, -0.2) is 24.4 Å². The van der Waals surface area contributed by atoms with E-state index >= 15 is 0 Å². The van der Waals surface area contributed by atoms with E-state index in [2.05, 4.69) is 16.3 Å². The molecule has 26 heavy (non-hydrogen) atoms. The SMILES string of the molecule is CC1CC(C(N)=O)c2ccccc2N1CCC(=O)Nc1sccc1C#N. The van der Waals surface area contributed by atoms with E-state index in [0.717, 1.165) is 11.3 Å². The molecule has 0 saturated heterocycles. The molecule has 1 aromatic carbocycles. The fourth-order valence-corrected chi connectivity index (χ4v) is 4.15. The number of nitrogens with one attached hydrogen (secondary N) is 1. The van der Waals surface area contributed by atoms with Crippen molar-refractivity contribution in [2.75, 3.05) is 16.8 Å². The van der Waals surface area contributed by atoms with E-state index in [1.54, 1.807) is 11.4 Å². The zero-order valence-corrected chi connectivity index (χ0v) is 15.3. The first-order valence-electron chi connectivity index (χ1n) is 8.43. The van der Waals surface area contributed by atoms with Crippen molar-refractivity contribution in [2.24, 2.45) is 5.73 Å². The number of anilines is 2. The minimum atomic E-state index is -0.316. The monoisotopic (exact) mass is 368 g/mol. The van der Waals surface area contributed by atoms with Crippen molar-refractivity contribution in [3.8, 4) is 6.07 Å². The molecule has 1 aliphatic rings. The van der Waals surface area contributed by atoms with Crippen LogP contribution in [0.2, 0.25) is 0 Å². The summed E-state index contributed by atoms with van der Waals surface area (Å²) in [5.74, 6) is -0.746. The highest BCUT2D eigenvalue weighted by Crippen LogP contribution is 2.38. The number of amides is 2. The van der Waals surface area contributed by atoms with E-state index in [4.69, 9.17) is 11.0 Å². The van der Waals surface area contributed by atoms with Crippen molar-refractivity contribution in [3.05, 3.63) is 46.8 Å². The maximum absolute atomic E-state index is 12.3. The number of hydrogen-bond donors (Lipinski definition) is 2. The molecule has 0 bridgehead atoms. The number of nitrogens with zero attached hydrogens (tertiary/aromatic N) is 2. The minimum absolute atomic E-state index is 0.103. The molecule has 0 spiro atoms. The summed E-state index contributed by atoms with van der Waals surface area (Å²) in [6, 6.07) is 11.6. The van der Waals surface area contributed by atoms with E-state index in [1.807, 2.05) is 31.2 Å². The summed E-state index contributed by atoms with van der Waals surface area (Å²) in [6.07, 6.45) is 0.931. The molecule has 3 rings (SSSR count). The number of carbonyl (C=O) groups is 2. The summed E-state index contributed by atoms with van der Waals surface area (Å²) in [6.45, 7) is 2.57. The number of rotatable bonds is 5. The number of nitriles is 1. The molecule has 0 fully saturated rings. The quantitative estimate of drug-likeness (QED) is 0.847. The number of thiophene rings is 1. The maximum atomic E-state index is 12.3. The molecule has 1 aliphatic heterocycles. The Morgan fingerprint density at radius 1 is 1.38 bits per heavy atom. The van der Waals surface area contributed by atoms with Crippen LogP contribution in [0, 0.1) is 11.3 Å². The minimum Gasteiger partial charge on any atom is -0.369 e. The number of nitrogens with two attached hydrogens (primary N) is 1. The summed E-state index contributed by atoms with van der Waals surface area (Å²) in [4.78, 5) is 26.2. The zero-order chi connectivity index (χ0) is 18.7. The number of para-hydroxylation sites is 1. The molecule has 0 saturated carbocycles. The largest absolute Gasteiger partial charge is 0.369 e. The normalized spacial score (nSPS) is 18.7. The zero-order valence-electron chi connectivity index (χ0n) is 14.4. The van der Waals surface area contributed by atoms with E-state index in [0.29, 0.717) is 30.0 Å². The lowest BCUT2D eigenvalue weighted by molar-refractivity contribution is -0.120. The van der Waals surface area contributed by atoms with Gasteiger partial charge in [0.05, 0.1) is 11.5 Å². The van der Waals surface area contributed by atoms with Gasteiger partial charge in [-0.1, -0.05) is 18.2 Å². The van der Waals surface area contributed by atoms with Gasteiger partial charge in [0, 0.05) is 24.7 Å². The van der Waals surface area contributed by atoms with Crippen LogP contribution in [0.3, 0.4) is 0 Å². The van der Waals surface area contributed by atoms with E-state index in [1.165, 1.54) is 11.3 Å². The number of fused-ring (bicyclic) bond motifs is 1. The van der Waals surface area contributed by atoms with Crippen LogP contribution < -0.4 is 16.0 Å². The van der Waals surface area contributed by atoms with E-state index in [-0.39, 0.29) is 23.8 Å². The first-order chi connectivity index (χ1) is 12.5. The molecule has 2 unspecified atom stereocenters. The van der Waals surface area contributed by atoms with Crippen LogP contribution >= 0.6 is 11.3 Å². The average molecular weight is 368 g/mol. The van der Waals surface area contributed by atoms with Crippen LogP contribution in [0.1, 0.15) is 36.8 Å². The van der Waals surface area contributed by atoms with E-state index in [9.17, 15) is 9.59 Å². The van der Waals surface area contributed by atoms with Gasteiger partial charge in [0.25, 0.3) is 0 Å². The Hall–Kier alpha value is -2.85. The van der Waals surface area contributed by atoms with Crippen LogP contribution in [0.5, 0.6) is 0 Å². The first kappa shape index (κ1) is 18.0. The molecule has 0 radical (unpaired) electrons. The Labute approximate surface area is 156 Å². The second-order valence-corrected chi connectivity index (χ2v) is 7.28. The van der Waals surface area contributed by atoms with Crippen LogP contribution in [-0.2, 0) is 9.59 Å². The predicted molar refractivity (Wildman–Crippen MR) is 102 cm³/mol. The second kappa shape index (κ2) is 7.58. The lowest BCUT2D eigenvalue weighted by Gasteiger charge is -2.40. The van der Waals surface area contributed by atoms with Gasteiger partial charge < -0.3 is 16.0 Å². The number of benzene rings is 1. The average Bonchev–Trinajstić information content (AvgIpc) is 3.07. The molecule has 1 aromatic heterocycles. The van der Waals surface area contributed by atoms with Crippen molar-refractivity contribution >= 4 is 33.8 Å². The van der Waals surface area contributed by atoms with Gasteiger partial charge >= 0.3 is 0 Å². The molecule has 2 atom stereocenters. The second-order valence-electron chi connectivity index (χ2n) is 6.37.